The summed E-state index contributed by atoms with van der Waals surface area (Å²) in [6.45, 7) is 6.94. The van der Waals surface area contributed by atoms with E-state index in [4.69, 9.17) is 4.74 Å². The Morgan fingerprint density at radius 1 is 1.05 bits per heavy atom. The molecule has 5 aliphatic rings. The Morgan fingerprint density at radius 2 is 1.85 bits per heavy atom. The lowest BCUT2D eigenvalue weighted by Gasteiger charge is -2.47. The first-order valence-corrected chi connectivity index (χ1v) is 16.9. The van der Waals surface area contributed by atoms with Crippen molar-refractivity contribution in [2.75, 3.05) is 19.7 Å². The summed E-state index contributed by atoms with van der Waals surface area (Å²) in [7, 11) is 0. The predicted molar refractivity (Wildman–Crippen MR) is 156 cm³/mol. The number of nitrogens with zero attached hydrogens (tertiary/aromatic N) is 3. The highest BCUT2D eigenvalue weighted by Crippen LogP contribution is 2.59. The van der Waals surface area contributed by atoms with Gasteiger partial charge < -0.3 is 10.1 Å². The van der Waals surface area contributed by atoms with Crippen molar-refractivity contribution in [3.05, 3.63) is 12.3 Å². The van der Waals surface area contributed by atoms with Crippen molar-refractivity contribution in [1.82, 2.24) is 30.0 Å². The highest BCUT2D eigenvalue weighted by molar-refractivity contribution is 7.98. The second-order valence-corrected chi connectivity index (χ2v) is 15.1. The number of ether oxygens (including phenoxy) is 1. The van der Waals surface area contributed by atoms with Crippen LogP contribution in [0.25, 0.3) is 0 Å². The average Bonchev–Trinajstić information content (AvgIpc) is 3.48. The molecule has 0 aromatic carbocycles. The summed E-state index contributed by atoms with van der Waals surface area (Å²) in [5, 5.41) is 13.0. The van der Waals surface area contributed by atoms with Gasteiger partial charge in [-0.25, -0.2) is 0 Å². The van der Waals surface area contributed by atoms with Gasteiger partial charge in [-0.2, -0.15) is 13.2 Å². The molecule has 1 aromatic heterocycles. The van der Waals surface area contributed by atoms with Crippen LogP contribution in [0.15, 0.2) is 12.3 Å². The molecule has 5 fully saturated rings. The van der Waals surface area contributed by atoms with Crippen LogP contribution in [0.3, 0.4) is 0 Å². The highest BCUT2D eigenvalue weighted by atomic mass is 32.2. The second-order valence-electron chi connectivity index (χ2n) is 14.0. The number of alkyl halides is 3. The smallest absolute Gasteiger partial charge is 0.394 e. The number of nitrogens with one attached hydrogen (secondary N) is 3. The van der Waals surface area contributed by atoms with Crippen molar-refractivity contribution in [1.29, 1.82) is 0 Å². The molecule has 7 nitrogen and oxygen atoms in total. The third-order valence-corrected chi connectivity index (χ3v) is 11.6. The lowest BCUT2D eigenvalue weighted by molar-refractivity contribution is -0.190. The van der Waals surface area contributed by atoms with E-state index in [1.54, 1.807) is 6.07 Å². The van der Waals surface area contributed by atoms with Gasteiger partial charge in [0.2, 0.25) is 5.88 Å². The van der Waals surface area contributed by atoms with E-state index >= 15 is 0 Å². The Kier molecular flexibility index (Phi) is 8.92. The topological polar surface area (TPSA) is 66.4 Å². The van der Waals surface area contributed by atoms with Gasteiger partial charge in [0.15, 0.2) is 0 Å². The predicted octanol–water partition coefficient (Wildman–Crippen LogP) is 6.20. The van der Waals surface area contributed by atoms with Gasteiger partial charge in [0.1, 0.15) is 6.17 Å². The number of aromatic nitrogens is 2. The Balaban J connectivity index is 1.11. The first-order valence-electron chi connectivity index (χ1n) is 16.0. The quantitative estimate of drug-likeness (QED) is 0.349. The number of hydrogen-bond acceptors (Lipinski definition) is 7. The summed E-state index contributed by atoms with van der Waals surface area (Å²) in [5.74, 6) is 1.61. The summed E-state index contributed by atoms with van der Waals surface area (Å²) < 4.78 is 51.2. The van der Waals surface area contributed by atoms with Gasteiger partial charge >= 0.3 is 6.18 Å². The molecule has 4 bridgehead atoms. The molecule has 11 heteroatoms. The molecule has 7 unspecified atom stereocenters. The van der Waals surface area contributed by atoms with Crippen LogP contribution in [-0.4, -0.2) is 63.7 Å². The summed E-state index contributed by atoms with van der Waals surface area (Å²) in [6.07, 6.45) is 10.8. The third-order valence-electron chi connectivity index (χ3n) is 10.6. The largest absolute Gasteiger partial charge is 0.477 e. The van der Waals surface area contributed by atoms with Crippen LogP contribution in [0.4, 0.5) is 13.2 Å². The van der Waals surface area contributed by atoms with Crippen molar-refractivity contribution < 1.29 is 17.9 Å². The van der Waals surface area contributed by atoms with Gasteiger partial charge in [-0.15, -0.1) is 5.10 Å². The molecular formula is C30H49F3N6OS. The molecule has 1 aliphatic carbocycles. The van der Waals surface area contributed by atoms with Crippen molar-refractivity contribution >= 4 is 11.9 Å². The number of piperidine rings is 2. The molecule has 1 saturated carbocycles. The number of fused-ring (bicyclic) bond motifs is 6. The second kappa shape index (κ2) is 12.2. The lowest BCUT2D eigenvalue weighted by atomic mass is 9.89. The first kappa shape index (κ1) is 30.0. The molecule has 1 aromatic rings. The van der Waals surface area contributed by atoms with Gasteiger partial charge in [-0.1, -0.05) is 24.8 Å². The summed E-state index contributed by atoms with van der Waals surface area (Å²) in [5.41, 5.74) is -1.41. The Labute approximate surface area is 247 Å². The Morgan fingerprint density at radius 3 is 2.66 bits per heavy atom. The fourth-order valence-electron chi connectivity index (χ4n) is 7.94. The fraction of sp³-hybridized carbons (Fsp3) is 0.900. The van der Waals surface area contributed by atoms with E-state index in [2.05, 4.69) is 39.2 Å². The Hall–Kier alpha value is -1.01. The molecule has 0 spiro atoms. The molecule has 6 rings (SSSR count). The SMILES string of the molecule is CC1(C)CC2CCCCC3CCCC(N3)SNCC3CCC(n4ccc(OCCC5(C(F)(F)F)CC5)n4)NC3N1C2. The highest BCUT2D eigenvalue weighted by Gasteiger charge is 2.62. The molecule has 4 saturated heterocycles. The van der Waals surface area contributed by atoms with Crippen LogP contribution in [0.2, 0.25) is 0 Å². The maximum absolute atomic E-state index is 13.3. The van der Waals surface area contributed by atoms with Crippen LogP contribution in [0.5, 0.6) is 5.88 Å². The van der Waals surface area contributed by atoms with Gasteiger partial charge in [-0.3, -0.25) is 19.6 Å². The third kappa shape index (κ3) is 6.89. The molecule has 0 radical (unpaired) electrons. The van der Waals surface area contributed by atoms with E-state index < -0.39 is 11.6 Å². The normalized spacial score (nSPS) is 37.4. The molecular weight excluding hydrogens is 549 g/mol. The van der Waals surface area contributed by atoms with E-state index in [1.165, 1.54) is 51.4 Å². The minimum absolute atomic E-state index is 0.00203. The molecule has 4 aliphatic heterocycles. The van der Waals surface area contributed by atoms with Gasteiger partial charge in [0, 0.05) is 42.9 Å². The zero-order chi connectivity index (χ0) is 28.7. The van der Waals surface area contributed by atoms with Crippen molar-refractivity contribution in [3.63, 3.8) is 0 Å². The lowest BCUT2D eigenvalue weighted by Crippen LogP contribution is -2.60. The standard InChI is InChI=1S/C30H49F3N6OS/c1-28(2)18-21-6-3-4-7-23-8-5-9-26(35-23)41-34-19-22-10-11-24(36-27(22)38(28)20-21)39-16-12-25(37-39)40-17-15-29(13-14-29)30(31,32)33/h12,16,21-24,26-27,34-36H,3-11,13-15,17-20H2,1-2H3. The van der Waals surface area contributed by atoms with Crippen molar-refractivity contribution in [2.24, 2.45) is 17.3 Å². The maximum atomic E-state index is 13.3. The molecule has 7 atom stereocenters. The number of halogens is 3. The van der Waals surface area contributed by atoms with Crippen LogP contribution >= 0.6 is 11.9 Å². The monoisotopic (exact) mass is 598 g/mol. The minimum Gasteiger partial charge on any atom is -0.477 e. The van der Waals surface area contributed by atoms with E-state index in [0.29, 0.717) is 23.2 Å². The summed E-state index contributed by atoms with van der Waals surface area (Å²) in [6, 6.07) is 2.45. The number of rotatable bonds is 5. The van der Waals surface area contributed by atoms with Crippen molar-refractivity contribution in [2.45, 2.75) is 133 Å². The molecule has 232 valence electrons. The van der Waals surface area contributed by atoms with Crippen LogP contribution in [0.1, 0.15) is 103 Å². The Bertz CT molecular complexity index is 1020. The molecule has 3 N–H and O–H groups in total. The van der Waals surface area contributed by atoms with E-state index in [9.17, 15) is 13.2 Å². The first-order chi connectivity index (χ1) is 19.6. The minimum atomic E-state index is -4.14. The molecule has 5 heterocycles. The zero-order valence-electron chi connectivity index (χ0n) is 24.7. The number of hydrogen-bond donors (Lipinski definition) is 3. The van der Waals surface area contributed by atoms with Gasteiger partial charge in [0.25, 0.3) is 0 Å². The molecule has 0 amide bonds. The summed E-state index contributed by atoms with van der Waals surface area (Å²) in [4.78, 5) is 2.73. The van der Waals surface area contributed by atoms with E-state index in [-0.39, 0.29) is 43.7 Å². The van der Waals surface area contributed by atoms with Crippen molar-refractivity contribution in [3.8, 4) is 5.88 Å². The van der Waals surface area contributed by atoms with Crippen LogP contribution < -0.4 is 20.1 Å². The van der Waals surface area contributed by atoms with Gasteiger partial charge in [0.05, 0.1) is 23.6 Å². The van der Waals surface area contributed by atoms with E-state index in [1.807, 2.05) is 22.8 Å². The van der Waals surface area contributed by atoms with Gasteiger partial charge in [-0.05, 0) is 90.4 Å². The van der Waals surface area contributed by atoms with E-state index in [0.717, 1.165) is 31.8 Å². The van der Waals surface area contributed by atoms with Crippen LogP contribution in [0, 0.1) is 17.3 Å². The maximum Gasteiger partial charge on any atom is 0.394 e. The fourth-order valence-corrected chi connectivity index (χ4v) is 8.99. The zero-order valence-corrected chi connectivity index (χ0v) is 25.5. The molecule has 41 heavy (non-hydrogen) atoms. The average molecular weight is 599 g/mol. The summed E-state index contributed by atoms with van der Waals surface area (Å²) >= 11 is 1.89. The van der Waals surface area contributed by atoms with Crippen LogP contribution in [-0.2, 0) is 0 Å².